The van der Waals surface area contributed by atoms with E-state index in [1.165, 1.54) is 0 Å². The van der Waals surface area contributed by atoms with Crippen LogP contribution < -0.4 is 0 Å². The Balaban J connectivity index is 2.94. The van der Waals surface area contributed by atoms with Crippen LogP contribution in [0.1, 0.15) is 37.8 Å². The minimum atomic E-state index is 0.113. The van der Waals surface area contributed by atoms with Gasteiger partial charge in [-0.25, -0.2) is 0 Å². The molecule has 0 heterocycles. The first-order valence-electron chi connectivity index (χ1n) is 4.82. The summed E-state index contributed by atoms with van der Waals surface area (Å²) in [4.78, 5) is 10.9. The van der Waals surface area contributed by atoms with Gasteiger partial charge in [-0.15, -0.1) is 0 Å². The normalized spacial score (nSPS) is 10.6. The Bertz CT molecular complexity index is 340. The Morgan fingerprint density at radius 2 is 2.07 bits per heavy atom. The Kier molecular flexibility index (Phi) is 3.28. The van der Waals surface area contributed by atoms with Gasteiger partial charge >= 0.3 is 0 Å². The van der Waals surface area contributed by atoms with Gasteiger partial charge in [-0.2, -0.15) is 0 Å². The quantitative estimate of drug-likeness (QED) is 0.799. The lowest BCUT2D eigenvalue weighted by atomic mass is 9.99. The third-order valence-corrected chi connectivity index (χ3v) is 2.17. The highest BCUT2D eigenvalue weighted by Crippen LogP contribution is 2.26. The van der Waals surface area contributed by atoms with Crippen LogP contribution in [0, 0.1) is 0 Å². The molecular weight excluding hydrogens is 176 g/mol. The van der Waals surface area contributed by atoms with E-state index in [1.807, 2.05) is 26.0 Å². The van der Waals surface area contributed by atoms with Crippen LogP contribution in [0.3, 0.4) is 0 Å². The molecule has 2 heteroatoms. The second kappa shape index (κ2) is 4.27. The summed E-state index contributed by atoms with van der Waals surface area (Å²) in [6, 6.07) is 5.46. The lowest BCUT2D eigenvalue weighted by molar-refractivity contribution is -0.116. The summed E-state index contributed by atoms with van der Waals surface area (Å²) in [5.74, 6) is 0.710. The third-order valence-electron chi connectivity index (χ3n) is 2.17. The van der Waals surface area contributed by atoms with Gasteiger partial charge in [0.15, 0.2) is 0 Å². The first-order chi connectivity index (χ1) is 6.50. The average Bonchev–Trinajstić information content (AvgIpc) is 2.01. The number of phenolic OH excluding ortho intramolecular Hbond substituents is 1. The van der Waals surface area contributed by atoms with Gasteiger partial charge in [-0.1, -0.05) is 26.0 Å². The Labute approximate surface area is 84.6 Å². The van der Waals surface area contributed by atoms with E-state index in [-0.39, 0.29) is 5.78 Å². The number of Topliss-reactive ketones (excluding diaryl/α,β-unsaturated/α-hetero) is 1. The van der Waals surface area contributed by atoms with Crippen molar-refractivity contribution in [3.63, 3.8) is 0 Å². The van der Waals surface area contributed by atoms with Crippen molar-refractivity contribution in [2.75, 3.05) is 0 Å². The molecule has 0 spiro atoms. The molecule has 1 aromatic carbocycles. The smallest absolute Gasteiger partial charge is 0.134 e. The van der Waals surface area contributed by atoms with Gasteiger partial charge in [0.1, 0.15) is 11.5 Å². The maximum Gasteiger partial charge on any atom is 0.134 e. The van der Waals surface area contributed by atoms with Crippen molar-refractivity contribution < 1.29 is 9.90 Å². The molecule has 2 nitrogen and oxygen atoms in total. The molecular formula is C12H16O2. The summed E-state index contributed by atoms with van der Waals surface area (Å²) in [6.07, 6.45) is 0.395. The Hall–Kier alpha value is -1.31. The first kappa shape index (κ1) is 10.8. The second-order valence-corrected chi connectivity index (χ2v) is 3.93. The molecule has 1 aromatic rings. The molecule has 0 aromatic heterocycles. The standard InChI is InChI=1S/C12H16O2/c1-8(2)11-5-4-10(6-9(3)13)7-12(11)14/h4-5,7-8,14H,6H2,1-3H3. The SMILES string of the molecule is CC(=O)Cc1ccc(C(C)C)c(O)c1. The average molecular weight is 192 g/mol. The number of carbonyl (C=O) groups is 1. The van der Waals surface area contributed by atoms with E-state index >= 15 is 0 Å². The maximum absolute atomic E-state index is 10.9. The summed E-state index contributed by atoms with van der Waals surface area (Å²) in [7, 11) is 0. The van der Waals surface area contributed by atoms with E-state index in [1.54, 1.807) is 13.0 Å². The number of rotatable bonds is 3. The number of carbonyl (C=O) groups excluding carboxylic acids is 1. The number of benzene rings is 1. The zero-order valence-corrected chi connectivity index (χ0v) is 8.87. The molecule has 0 fully saturated rings. The highest BCUT2D eigenvalue weighted by Gasteiger charge is 2.07. The maximum atomic E-state index is 10.9. The summed E-state index contributed by atoms with van der Waals surface area (Å²) < 4.78 is 0. The highest BCUT2D eigenvalue weighted by molar-refractivity contribution is 5.78. The van der Waals surface area contributed by atoms with Gasteiger partial charge in [0.05, 0.1) is 0 Å². The van der Waals surface area contributed by atoms with Crippen molar-refractivity contribution in [1.82, 2.24) is 0 Å². The van der Waals surface area contributed by atoms with E-state index in [4.69, 9.17) is 0 Å². The summed E-state index contributed by atoms with van der Waals surface area (Å²) in [5.41, 5.74) is 1.80. The van der Waals surface area contributed by atoms with Crippen LogP contribution in [-0.4, -0.2) is 10.9 Å². The Morgan fingerprint density at radius 1 is 1.43 bits per heavy atom. The zero-order chi connectivity index (χ0) is 10.7. The predicted octanol–water partition coefficient (Wildman–Crippen LogP) is 2.65. The molecule has 0 aliphatic carbocycles. The predicted molar refractivity (Wildman–Crippen MR) is 56.6 cm³/mol. The van der Waals surface area contributed by atoms with Crippen molar-refractivity contribution in [3.8, 4) is 5.75 Å². The number of aromatic hydroxyl groups is 1. The molecule has 0 unspecified atom stereocenters. The molecule has 1 N–H and O–H groups in total. The molecule has 0 aliphatic rings. The van der Waals surface area contributed by atoms with Crippen LogP contribution in [-0.2, 0) is 11.2 Å². The second-order valence-electron chi connectivity index (χ2n) is 3.93. The largest absolute Gasteiger partial charge is 0.508 e. The van der Waals surface area contributed by atoms with Gasteiger partial charge < -0.3 is 5.11 Å². The van der Waals surface area contributed by atoms with E-state index in [0.717, 1.165) is 11.1 Å². The van der Waals surface area contributed by atoms with Crippen LogP contribution in [0.2, 0.25) is 0 Å². The van der Waals surface area contributed by atoms with E-state index in [9.17, 15) is 9.90 Å². The van der Waals surface area contributed by atoms with Crippen molar-refractivity contribution in [3.05, 3.63) is 29.3 Å². The van der Waals surface area contributed by atoms with Gasteiger partial charge in [0, 0.05) is 6.42 Å². The van der Waals surface area contributed by atoms with Crippen molar-refractivity contribution in [2.45, 2.75) is 33.1 Å². The third kappa shape index (κ3) is 2.59. The molecule has 0 atom stereocenters. The molecule has 0 saturated heterocycles. The fourth-order valence-corrected chi connectivity index (χ4v) is 1.47. The molecule has 0 amide bonds. The lowest BCUT2D eigenvalue weighted by Gasteiger charge is -2.09. The van der Waals surface area contributed by atoms with E-state index in [0.29, 0.717) is 18.1 Å². The minimum Gasteiger partial charge on any atom is -0.508 e. The number of hydrogen-bond donors (Lipinski definition) is 1. The van der Waals surface area contributed by atoms with E-state index < -0.39 is 0 Å². The van der Waals surface area contributed by atoms with Crippen LogP contribution in [0.25, 0.3) is 0 Å². The fraction of sp³-hybridized carbons (Fsp3) is 0.417. The van der Waals surface area contributed by atoms with Crippen molar-refractivity contribution >= 4 is 5.78 Å². The van der Waals surface area contributed by atoms with Gasteiger partial charge in [-0.05, 0) is 30.0 Å². The van der Waals surface area contributed by atoms with E-state index in [2.05, 4.69) is 0 Å². The summed E-state index contributed by atoms with van der Waals surface area (Å²) >= 11 is 0. The topological polar surface area (TPSA) is 37.3 Å². The first-order valence-corrected chi connectivity index (χ1v) is 4.82. The van der Waals surface area contributed by atoms with Gasteiger partial charge in [0.2, 0.25) is 0 Å². The summed E-state index contributed by atoms with van der Waals surface area (Å²) in [6.45, 7) is 5.60. The molecule has 1 rings (SSSR count). The molecule has 76 valence electrons. The number of hydrogen-bond acceptors (Lipinski definition) is 2. The molecule has 0 aliphatic heterocycles. The summed E-state index contributed by atoms with van der Waals surface area (Å²) in [5, 5.41) is 9.66. The fourth-order valence-electron chi connectivity index (χ4n) is 1.47. The molecule has 14 heavy (non-hydrogen) atoms. The van der Waals surface area contributed by atoms with Crippen LogP contribution in [0.4, 0.5) is 0 Å². The zero-order valence-electron chi connectivity index (χ0n) is 8.87. The highest BCUT2D eigenvalue weighted by atomic mass is 16.3. The van der Waals surface area contributed by atoms with Crippen molar-refractivity contribution in [2.24, 2.45) is 0 Å². The van der Waals surface area contributed by atoms with Crippen LogP contribution in [0.5, 0.6) is 5.75 Å². The Morgan fingerprint density at radius 3 is 2.50 bits per heavy atom. The van der Waals surface area contributed by atoms with Crippen molar-refractivity contribution in [1.29, 1.82) is 0 Å². The van der Waals surface area contributed by atoms with Gasteiger partial charge in [-0.3, -0.25) is 4.79 Å². The number of phenols is 1. The van der Waals surface area contributed by atoms with Crippen LogP contribution >= 0.6 is 0 Å². The minimum absolute atomic E-state index is 0.113. The monoisotopic (exact) mass is 192 g/mol. The number of ketones is 1. The van der Waals surface area contributed by atoms with Crippen LogP contribution in [0.15, 0.2) is 18.2 Å². The lowest BCUT2D eigenvalue weighted by Crippen LogP contribution is -1.97. The molecule has 0 bridgehead atoms. The van der Waals surface area contributed by atoms with Gasteiger partial charge in [0.25, 0.3) is 0 Å². The molecule has 0 radical (unpaired) electrons. The molecule has 0 saturated carbocycles.